The Kier molecular flexibility index (Phi) is 7.47. The monoisotopic (exact) mass is 468 g/mol. The van der Waals surface area contributed by atoms with Gasteiger partial charge in [-0.2, -0.15) is 0 Å². The van der Waals surface area contributed by atoms with Crippen molar-refractivity contribution in [2.45, 2.75) is 13.2 Å². The van der Waals surface area contributed by atoms with Crippen LogP contribution in [-0.2, 0) is 17.9 Å². The first-order chi connectivity index (χ1) is 17.3. The van der Waals surface area contributed by atoms with Crippen molar-refractivity contribution in [2.24, 2.45) is 0 Å². The Morgan fingerprint density at radius 3 is 2.49 bits per heavy atom. The van der Waals surface area contributed by atoms with Crippen molar-refractivity contribution >= 4 is 23.1 Å². The number of benzene rings is 3. The minimum absolute atomic E-state index is 0.560. The van der Waals surface area contributed by atoms with Crippen LogP contribution in [0.2, 0.25) is 0 Å². The van der Waals surface area contributed by atoms with Crippen LogP contribution in [0.3, 0.4) is 0 Å². The van der Waals surface area contributed by atoms with Crippen LogP contribution in [0.5, 0.6) is 11.5 Å². The fourth-order valence-corrected chi connectivity index (χ4v) is 4.53. The Bertz CT molecular complexity index is 1270. The van der Waals surface area contributed by atoms with E-state index >= 15 is 0 Å². The molecule has 0 radical (unpaired) electrons. The lowest BCUT2D eigenvalue weighted by molar-refractivity contribution is 0.0365. The molecule has 0 unspecified atom stereocenters. The van der Waals surface area contributed by atoms with Gasteiger partial charge in [0, 0.05) is 48.3 Å². The van der Waals surface area contributed by atoms with Gasteiger partial charge < -0.3 is 18.8 Å². The summed E-state index contributed by atoms with van der Waals surface area (Å²) in [4.78, 5) is 2.47. The maximum atomic E-state index is 6.10. The molecular formula is C30H32N2O3. The van der Waals surface area contributed by atoms with Crippen molar-refractivity contribution in [2.75, 3.05) is 40.0 Å². The standard InChI is InChI=1S/C30H32N2O3/c1-33-30-10-6-5-9-25(30)11-12-27-21-26-22-28(35-23-24-7-3-2-4-8-24)13-14-29(26)32(27)16-15-31-17-19-34-20-18-31/h2-14,21-22H,15-20,23H2,1H3/b12-11+. The van der Waals surface area contributed by atoms with E-state index < -0.39 is 0 Å². The summed E-state index contributed by atoms with van der Waals surface area (Å²) in [5.74, 6) is 1.75. The van der Waals surface area contributed by atoms with Gasteiger partial charge in [0.1, 0.15) is 18.1 Å². The molecule has 1 aromatic heterocycles. The molecule has 4 aromatic rings. The number of fused-ring (bicyclic) bond motifs is 1. The zero-order valence-electron chi connectivity index (χ0n) is 20.2. The summed E-state index contributed by atoms with van der Waals surface area (Å²) in [6.07, 6.45) is 4.31. The maximum absolute atomic E-state index is 6.10. The first-order valence-electron chi connectivity index (χ1n) is 12.2. The zero-order chi connectivity index (χ0) is 23.9. The number of nitrogens with zero attached hydrogens (tertiary/aromatic N) is 2. The zero-order valence-corrected chi connectivity index (χ0v) is 20.2. The highest BCUT2D eigenvalue weighted by Gasteiger charge is 2.13. The third-order valence-corrected chi connectivity index (χ3v) is 6.47. The molecule has 180 valence electrons. The number of rotatable bonds is 9. The number of para-hydroxylation sites is 1. The van der Waals surface area contributed by atoms with E-state index in [1.807, 2.05) is 36.4 Å². The average Bonchev–Trinajstić information content (AvgIpc) is 3.27. The normalized spacial score (nSPS) is 14.5. The molecule has 5 rings (SSSR count). The maximum Gasteiger partial charge on any atom is 0.126 e. The number of morpholine rings is 1. The molecular weight excluding hydrogens is 436 g/mol. The van der Waals surface area contributed by atoms with Gasteiger partial charge in [0.05, 0.1) is 20.3 Å². The molecule has 1 aliphatic heterocycles. The lowest BCUT2D eigenvalue weighted by Crippen LogP contribution is -2.38. The number of ether oxygens (including phenoxy) is 3. The van der Waals surface area contributed by atoms with Crippen LogP contribution in [-0.4, -0.2) is 49.4 Å². The Balaban J connectivity index is 1.42. The van der Waals surface area contributed by atoms with E-state index in [2.05, 4.69) is 64.1 Å². The molecule has 0 amide bonds. The fraction of sp³-hybridized carbons (Fsp3) is 0.267. The van der Waals surface area contributed by atoms with Crippen LogP contribution in [0, 0.1) is 0 Å². The molecule has 0 saturated carbocycles. The molecule has 3 aromatic carbocycles. The van der Waals surface area contributed by atoms with Crippen LogP contribution >= 0.6 is 0 Å². The van der Waals surface area contributed by atoms with E-state index in [-0.39, 0.29) is 0 Å². The summed E-state index contributed by atoms with van der Waals surface area (Å²) in [6.45, 7) is 6.08. The number of hydrogen-bond acceptors (Lipinski definition) is 4. The molecule has 5 nitrogen and oxygen atoms in total. The molecule has 5 heteroatoms. The Morgan fingerprint density at radius 2 is 1.66 bits per heavy atom. The average molecular weight is 469 g/mol. The van der Waals surface area contributed by atoms with Crippen LogP contribution in [0.15, 0.2) is 78.9 Å². The van der Waals surface area contributed by atoms with Gasteiger partial charge in [-0.25, -0.2) is 0 Å². The summed E-state index contributed by atoms with van der Waals surface area (Å²) in [6, 6.07) is 27.0. The molecule has 1 saturated heterocycles. The highest BCUT2D eigenvalue weighted by atomic mass is 16.5. The molecule has 1 aliphatic rings. The second-order valence-electron chi connectivity index (χ2n) is 8.75. The molecule has 1 fully saturated rings. The minimum atomic E-state index is 0.560. The van der Waals surface area contributed by atoms with Crippen molar-refractivity contribution < 1.29 is 14.2 Å². The van der Waals surface area contributed by atoms with Crippen LogP contribution in [0.1, 0.15) is 16.8 Å². The first-order valence-corrected chi connectivity index (χ1v) is 12.2. The molecule has 0 spiro atoms. The largest absolute Gasteiger partial charge is 0.496 e. The molecule has 0 bridgehead atoms. The van der Waals surface area contributed by atoms with Gasteiger partial charge in [-0.1, -0.05) is 48.5 Å². The number of aromatic nitrogens is 1. The van der Waals surface area contributed by atoms with E-state index in [1.54, 1.807) is 7.11 Å². The van der Waals surface area contributed by atoms with Gasteiger partial charge in [-0.05, 0) is 48.0 Å². The summed E-state index contributed by atoms with van der Waals surface area (Å²) in [5.41, 5.74) is 4.60. The van der Waals surface area contributed by atoms with Crippen molar-refractivity contribution in [3.63, 3.8) is 0 Å². The van der Waals surface area contributed by atoms with Gasteiger partial charge in [0.15, 0.2) is 0 Å². The summed E-state index contributed by atoms with van der Waals surface area (Å²) in [7, 11) is 1.71. The molecule has 0 aliphatic carbocycles. The Labute approximate surface area is 207 Å². The van der Waals surface area contributed by atoms with Crippen molar-refractivity contribution in [1.29, 1.82) is 0 Å². The third-order valence-electron chi connectivity index (χ3n) is 6.47. The quantitative estimate of drug-likeness (QED) is 0.314. The van der Waals surface area contributed by atoms with Crippen LogP contribution in [0.25, 0.3) is 23.1 Å². The van der Waals surface area contributed by atoms with Gasteiger partial charge in [-0.3, -0.25) is 4.90 Å². The van der Waals surface area contributed by atoms with Crippen molar-refractivity contribution in [3.8, 4) is 11.5 Å². The highest BCUT2D eigenvalue weighted by molar-refractivity contribution is 5.87. The van der Waals surface area contributed by atoms with Crippen molar-refractivity contribution in [3.05, 3.63) is 95.7 Å². The third kappa shape index (κ3) is 5.76. The number of hydrogen-bond donors (Lipinski definition) is 0. The van der Waals surface area contributed by atoms with Crippen LogP contribution in [0.4, 0.5) is 0 Å². The summed E-state index contributed by atoms with van der Waals surface area (Å²) in [5, 5.41) is 1.18. The summed E-state index contributed by atoms with van der Waals surface area (Å²) >= 11 is 0. The molecule has 2 heterocycles. The lowest BCUT2D eigenvalue weighted by atomic mass is 10.1. The lowest BCUT2D eigenvalue weighted by Gasteiger charge is -2.27. The SMILES string of the molecule is COc1ccccc1/C=C/c1cc2cc(OCc3ccccc3)ccc2n1CCN1CCOCC1. The van der Waals surface area contributed by atoms with Crippen molar-refractivity contribution in [1.82, 2.24) is 9.47 Å². The Morgan fingerprint density at radius 1 is 0.857 bits per heavy atom. The second kappa shape index (κ2) is 11.3. The predicted molar refractivity (Wildman–Crippen MR) is 142 cm³/mol. The smallest absolute Gasteiger partial charge is 0.126 e. The van der Waals surface area contributed by atoms with Gasteiger partial charge in [0.2, 0.25) is 0 Å². The molecule has 0 atom stereocenters. The first kappa shape index (κ1) is 23.2. The van der Waals surface area contributed by atoms with Gasteiger partial charge in [-0.15, -0.1) is 0 Å². The van der Waals surface area contributed by atoms with E-state index in [9.17, 15) is 0 Å². The second-order valence-corrected chi connectivity index (χ2v) is 8.75. The van der Waals surface area contributed by atoms with Gasteiger partial charge >= 0.3 is 0 Å². The minimum Gasteiger partial charge on any atom is -0.496 e. The topological polar surface area (TPSA) is 35.9 Å². The van der Waals surface area contributed by atoms with Crippen LogP contribution < -0.4 is 9.47 Å². The van der Waals surface area contributed by atoms with E-state index in [4.69, 9.17) is 14.2 Å². The van der Waals surface area contributed by atoms with Gasteiger partial charge in [0.25, 0.3) is 0 Å². The van der Waals surface area contributed by atoms with E-state index in [1.165, 1.54) is 16.6 Å². The Hall–Kier alpha value is -3.54. The van der Waals surface area contributed by atoms with E-state index in [0.29, 0.717) is 6.61 Å². The molecule has 35 heavy (non-hydrogen) atoms. The number of methoxy groups -OCH3 is 1. The predicted octanol–water partition coefficient (Wildman–Crippen LogP) is 5.73. The summed E-state index contributed by atoms with van der Waals surface area (Å²) < 4.78 is 19.6. The van der Waals surface area contributed by atoms with E-state index in [0.717, 1.165) is 62.0 Å². The molecule has 0 N–H and O–H groups in total. The fourth-order valence-electron chi connectivity index (χ4n) is 4.53. The highest BCUT2D eigenvalue weighted by Crippen LogP contribution is 2.28.